The van der Waals surface area contributed by atoms with Crippen LogP contribution in [0.3, 0.4) is 0 Å². The number of benzene rings is 2. The summed E-state index contributed by atoms with van der Waals surface area (Å²) in [5.41, 5.74) is 7.44. The van der Waals surface area contributed by atoms with Crippen molar-refractivity contribution in [2.45, 2.75) is 65.6 Å². The van der Waals surface area contributed by atoms with Crippen LogP contribution in [-0.2, 0) is 29.7 Å². The molecular weight excluding hydrogens is 525 g/mol. The molecule has 4 aromatic rings. The maximum atomic E-state index is 14.0. The van der Waals surface area contributed by atoms with Gasteiger partial charge in [0.05, 0.1) is 18.5 Å². The number of rotatable bonds is 8. The van der Waals surface area contributed by atoms with Crippen molar-refractivity contribution >= 4 is 17.0 Å². The van der Waals surface area contributed by atoms with Gasteiger partial charge >= 0.3 is 5.97 Å². The molecule has 5 rings (SSSR count). The van der Waals surface area contributed by atoms with Crippen LogP contribution in [0.2, 0.25) is 0 Å². The van der Waals surface area contributed by atoms with Crippen molar-refractivity contribution in [2.75, 3.05) is 13.2 Å². The Morgan fingerprint density at radius 2 is 2.02 bits per heavy atom. The largest absolute Gasteiger partial charge is 0.491 e. The molecule has 0 aliphatic carbocycles. The lowest BCUT2D eigenvalue weighted by molar-refractivity contribution is -0.143. The molecule has 2 aromatic carbocycles. The van der Waals surface area contributed by atoms with Gasteiger partial charge in [-0.2, -0.15) is 0 Å². The van der Waals surface area contributed by atoms with Crippen molar-refractivity contribution < 1.29 is 23.8 Å². The van der Waals surface area contributed by atoms with Gasteiger partial charge in [0.15, 0.2) is 5.82 Å². The first-order valence-corrected chi connectivity index (χ1v) is 14.0. The fourth-order valence-corrected chi connectivity index (χ4v) is 5.57. The number of pyridine rings is 1. The Kier molecular flexibility index (Phi) is 8.21. The molecule has 41 heavy (non-hydrogen) atoms. The summed E-state index contributed by atoms with van der Waals surface area (Å²) in [5.74, 6) is -1.55. The molecule has 0 unspecified atom stereocenters. The van der Waals surface area contributed by atoms with Gasteiger partial charge in [-0.25, -0.2) is 14.1 Å². The SMILES string of the molecule is CCOC(=O)C[C@H](c1ccc(C)c(CN2Cc3nc(O)c(F)cc3O[C@H](CC)C2)c1)c1ccc2c(nnn2C)c1C. The minimum absolute atomic E-state index is 0.150. The summed E-state index contributed by atoms with van der Waals surface area (Å²) in [4.78, 5) is 19.1. The minimum atomic E-state index is -0.793. The maximum Gasteiger partial charge on any atom is 0.306 e. The summed E-state index contributed by atoms with van der Waals surface area (Å²) < 4.78 is 27.2. The highest BCUT2D eigenvalue weighted by Crippen LogP contribution is 2.35. The van der Waals surface area contributed by atoms with E-state index in [4.69, 9.17) is 9.47 Å². The molecule has 1 aliphatic heterocycles. The molecule has 1 aliphatic rings. The maximum absolute atomic E-state index is 14.0. The molecule has 0 spiro atoms. The van der Waals surface area contributed by atoms with Crippen LogP contribution in [0.15, 0.2) is 36.4 Å². The molecule has 9 nitrogen and oxygen atoms in total. The summed E-state index contributed by atoms with van der Waals surface area (Å²) in [6, 6.07) is 11.6. The van der Waals surface area contributed by atoms with Crippen LogP contribution in [-0.4, -0.2) is 55.2 Å². The van der Waals surface area contributed by atoms with Crippen LogP contribution in [0.1, 0.15) is 66.1 Å². The number of hydrogen-bond acceptors (Lipinski definition) is 8. The molecule has 2 aromatic heterocycles. The Bertz CT molecular complexity index is 1590. The quantitative estimate of drug-likeness (QED) is 0.297. The fourth-order valence-electron chi connectivity index (χ4n) is 5.57. The van der Waals surface area contributed by atoms with E-state index in [2.05, 4.69) is 51.4 Å². The monoisotopic (exact) mass is 561 g/mol. The Balaban J connectivity index is 1.51. The van der Waals surface area contributed by atoms with Crippen molar-refractivity contribution in [3.05, 3.63) is 75.7 Å². The Hall–Kier alpha value is -4.05. The lowest BCUT2D eigenvalue weighted by Crippen LogP contribution is -2.32. The van der Waals surface area contributed by atoms with Crippen molar-refractivity contribution in [1.82, 2.24) is 24.9 Å². The van der Waals surface area contributed by atoms with Gasteiger partial charge in [-0.1, -0.05) is 36.4 Å². The molecule has 0 radical (unpaired) electrons. The first-order chi connectivity index (χ1) is 19.7. The lowest BCUT2D eigenvalue weighted by Gasteiger charge is -2.25. The van der Waals surface area contributed by atoms with Crippen LogP contribution in [0.25, 0.3) is 11.0 Å². The topological polar surface area (TPSA) is 103 Å². The standard InChI is InChI=1S/C31H36FN5O4/c1-6-22-16-37(17-26-28(41-22)14-25(32)31(39)33-26)15-21-12-20(9-8-18(21)3)24(13-29(38)40-7-2)23-10-11-27-30(19(23)4)34-35-36(27)5/h8-12,14,22,24H,6-7,13,15-17H2,1-5H3,(H,33,39)/t22-,24-/m1/s1. The number of esters is 1. The summed E-state index contributed by atoms with van der Waals surface area (Å²) in [5, 5.41) is 18.4. The normalized spacial score (nSPS) is 16.2. The number of halogens is 1. The Labute approximate surface area is 238 Å². The zero-order valence-corrected chi connectivity index (χ0v) is 24.1. The van der Waals surface area contributed by atoms with Crippen molar-refractivity contribution in [3.8, 4) is 11.6 Å². The van der Waals surface area contributed by atoms with E-state index in [1.54, 1.807) is 4.68 Å². The van der Waals surface area contributed by atoms with E-state index in [9.17, 15) is 14.3 Å². The number of aromatic hydroxyl groups is 1. The van der Waals surface area contributed by atoms with E-state index in [1.165, 1.54) is 6.07 Å². The average Bonchev–Trinajstić information content (AvgIpc) is 3.23. The second-order valence-electron chi connectivity index (χ2n) is 10.7. The predicted molar refractivity (Wildman–Crippen MR) is 152 cm³/mol. The van der Waals surface area contributed by atoms with Crippen LogP contribution in [0.4, 0.5) is 4.39 Å². The molecule has 0 saturated carbocycles. The first-order valence-electron chi connectivity index (χ1n) is 14.0. The molecule has 216 valence electrons. The summed E-state index contributed by atoms with van der Waals surface area (Å²) in [6.45, 7) is 9.85. The number of carbonyl (C=O) groups excluding carboxylic acids is 1. The van der Waals surface area contributed by atoms with Crippen LogP contribution in [0.5, 0.6) is 11.6 Å². The van der Waals surface area contributed by atoms with Gasteiger partial charge in [0.2, 0.25) is 5.88 Å². The number of aryl methyl sites for hydroxylation is 3. The molecule has 10 heteroatoms. The third kappa shape index (κ3) is 5.88. The zero-order valence-electron chi connectivity index (χ0n) is 24.1. The second-order valence-corrected chi connectivity index (χ2v) is 10.7. The summed E-state index contributed by atoms with van der Waals surface area (Å²) >= 11 is 0. The van der Waals surface area contributed by atoms with Gasteiger partial charge in [-0.05, 0) is 61.1 Å². The lowest BCUT2D eigenvalue weighted by atomic mass is 9.84. The first kappa shape index (κ1) is 28.5. The van der Waals surface area contributed by atoms with E-state index in [-0.39, 0.29) is 24.4 Å². The third-order valence-electron chi connectivity index (χ3n) is 7.88. The molecule has 0 fully saturated rings. The van der Waals surface area contributed by atoms with Gasteiger partial charge < -0.3 is 14.6 Å². The van der Waals surface area contributed by atoms with E-state index < -0.39 is 11.7 Å². The third-order valence-corrected chi connectivity index (χ3v) is 7.88. The molecule has 0 amide bonds. The molecule has 3 heterocycles. The van der Waals surface area contributed by atoms with Crippen molar-refractivity contribution in [3.63, 3.8) is 0 Å². The highest BCUT2D eigenvalue weighted by molar-refractivity contribution is 5.80. The molecule has 2 atom stereocenters. The number of nitrogens with zero attached hydrogens (tertiary/aromatic N) is 5. The van der Waals surface area contributed by atoms with E-state index in [0.717, 1.165) is 45.3 Å². The van der Waals surface area contributed by atoms with Gasteiger partial charge in [0.25, 0.3) is 0 Å². The van der Waals surface area contributed by atoms with Gasteiger partial charge in [0.1, 0.15) is 23.1 Å². The second kappa shape index (κ2) is 11.8. The number of aromatic nitrogens is 4. The number of fused-ring (bicyclic) bond motifs is 2. The van der Waals surface area contributed by atoms with Gasteiger partial charge in [-0.15, -0.1) is 5.10 Å². The van der Waals surface area contributed by atoms with E-state index >= 15 is 0 Å². The van der Waals surface area contributed by atoms with E-state index in [1.807, 2.05) is 33.9 Å². The minimum Gasteiger partial charge on any atom is -0.491 e. The van der Waals surface area contributed by atoms with E-state index in [0.29, 0.717) is 37.7 Å². The number of carbonyl (C=O) groups is 1. The molecule has 0 saturated heterocycles. The van der Waals surface area contributed by atoms with Crippen LogP contribution in [0, 0.1) is 19.7 Å². The van der Waals surface area contributed by atoms with Crippen LogP contribution < -0.4 is 4.74 Å². The Morgan fingerprint density at radius 3 is 2.78 bits per heavy atom. The predicted octanol–water partition coefficient (Wildman–Crippen LogP) is 5.08. The van der Waals surface area contributed by atoms with Crippen LogP contribution >= 0.6 is 0 Å². The number of hydrogen-bond donors (Lipinski definition) is 1. The van der Waals surface area contributed by atoms with Crippen molar-refractivity contribution in [1.29, 1.82) is 0 Å². The molecular formula is C31H36FN5O4. The zero-order chi connectivity index (χ0) is 29.3. The summed E-state index contributed by atoms with van der Waals surface area (Å²) in [7, 11) is 1.86. The highest BCUT2D eigenvalue weighted by atomic mass is 19.1. The highest BCUT2D eigenvalue weighted by Gasteiger charge is 2.27. The summed E-state index contributed by atoms with van der Waals surface area (Å²) in [6.07, 6.45) is 0.785. The average molecular weight is 562 g/mol. The number of ether oxygens (including phenoxy) is 2. The molecule has 1 N–H and O–H groups in total. The molecule has 0 bridgehead atoms. The van der Waals surface area contributed by atoms with Gasteiger partial charge in [-0.3, -0.25) is 9.69 Å². The van der Waals surface area contributed by atoms with Gasteiger partial charge in [0, 0.05) is 38.7 Å². The Morgan fingerprint density at radius 1 is 1.22 bits per heavy atom. The fraction of sp³-hybridized carbons (Fsp3) is 0.419. The van der Waals surface area contributed by atoms with Crippen molar-refractivity contribution in [2.24, 2.45) is 7.05 Å². The smallest absolute Gasteiger partial charge is 0.306 e.